The Morgan fingerprint density at radius 2 is 1.76 bits per heavy atom. The second kappa shape index (κ2) is 5.60. The van der Waals surface area contributed by atoms with Gasteiger partial charge in [0.15, 0.2) is 5.43 Å². The zero-order valence-electron chi connectivity index (χ0n) is 13.4. The minimum atomic E-state index is -1.27. The van der Waals surface area contributed by atoms with Gasteiger partial charge in [0.05, 0.1) is 11.4 Å². The molecule has 0 amide bonds. The molecule has 1 aromatic heterocycles. The third-order valence-electron chi connectivity index (χ3n) is 4.27. The van der Waals surface area contributed by atoms with Gasteiger partial charge < -0.3 is 14.3 Å². The van der Waals surface area contributed by atoms with Crippen molar-refractivity contribution in [3.8, 4) is 11.3 Å². The van der Waals surface area contributed by atoms with Crippen molar-refractivity contribution in [1.29, 1.82) is 0 Å². The predicted molar refractivity (Wildman–Crippen MR) is 94.5 cm³/mol. The average molecular weight is 329 g/mol. The van der Waals surface area contributed by atoms with Gasteiger partial charge in [0.1, 0.15) is 11.3 Å². The standard InChI is InChI=1S/C21H14O4/c1-12-8-9-18-16(10-12)17(22)11-19(25-18)14-6-2-4-13-5-3-7-15(20(13)14)21(23)24/h2-11H,1H3,(H,23,24)/p-1. The predicted octanol–water partition coefficient (Wildman–Crippen LogP) is 3.29. The Hall–Kier alpha value is -3.40. The first-order valence-corrected chi connectivity index (χ1v) is 7.82. The molecule has 0 aliphatic rings. The Morgan fingerprint density at radius 3 is 2.52 bits per heavy atom. The van der Waals surface area contributed by atoms with Gasteiger partial charge in [-0.2, -0.15) is 0 Å². The number of rotatable bonds is 2. The molecular weight excluding hydrogens is 316 g/mol. The van der Waals surface area contributed by atoms with E-state index in [1.54, 1.807) is 30.3 Å². The fourth-order valence-electron chi connectivity index (χ4n) is 3.12. The fraction of sp³-hybridized carbons (Fsp3) is 0.0476. The summed E-state index contributed by atoms with van der Waals surface area (Å²) in [7, 11) is 0. The summed E-state index contributed by atoms with van der Waals surface area (Å²) in [5, 5.41) is 13.3. The molecule has 25 heavy (non-hydrogen) atoms. The normalized spacial score (nSPS) is 11.1. The van der Waals surface area contributed by atoms with Gasteiger partial charge >= 0.3 is 0 Å². The third kappa shape index (κ3) is 2.48. The SMILES string of the molecule is Cc1ccc2oc(-c3cccc4cccc(C(=O)[O-])c34)cc(=O)c2c1. The summed E-state index contributed by atoms with van der Waals surface area (Å²) in [6.07, 6.45) is 0. The number of carbonyl (C=O) groups is 1. The number of benzene rings is 3. The van der Waals surface area contributed by atoms with E-state index in [4.69, 9.17) is 4.42 Å². The quantitative estimate of drug-likeness (QED) is 0.566. The van der Waals surface area contributed by atoms with Crippen LogP contribution in [0.4, 0.5) is 0 Å². The second-order valence-electron chi connectivity index (χ2n) is 5.97. The highest BCUT2D eigenvalue weighted by Gasteiger charge is 2.13. The number of carbonyl (C=O) groups excluding carboxylic acids is 1. The van der Waals surface area contributed by atoms with E-state index in [2.05, 4.69) is 0 Å². The molecule has 0 saturated heterocycles. The van der Waals surface area contributed by atoms with Crippen molar-refractivity contribution >= 4 is 27.7 Å². The molecule has 4 rings (SSSR count). The van der Waals surface area contributed by atoms with Crippen LogP contribution in [-0.4, -0.2) is 5.97 Å². The van der Waals surface area contributed by atoms with Crippen LogP contribution in [0, 0.1) is 6.92 Å². The van der Waals surface area contributed by atoms with E-state index >= 15 is 0 Å². The number of carboxylic acids is 1. The lowest BCUT2D eigenvalue weighted by molar-refractivity contribution is -0.254. The van der Waals surface area contributed by atoms with Gasteiger partial charge in [-0.1, -0.05) is 48.0 Å². The summed E-state index contributed by atoms with van der Waals surface area (Å²) in [6.45, 7) is 1.91. The van der Waals surface area contributed by atoms with Gasteiger partial charge in [-0.15, -0.1) is 0 Å². The van der Waals surface area contributed by atoms with Crippen LogP contribution in [0.15, 0.2) is 69.9 Å². The van der Waals surface area contributed by atoms with Crippen LogP contribution in [0.2, 0.25) is 0 Å². The summed E-state index contributed by atoms with van der Waals surface area (Å²) >= 11 is 0. The highest BCUT2D eigenvalue weighted by molar-refractivity contribution is 6.09. The summed E-state index contributed by atoms with van der Waals surface area (Å²) < 4.78 is 5.91. The van der Waals surface area contributed by atoms with Crippen LogP contribution >= 0.6 is 0 Å². The topological polar surface area (TPSA) is 70.3 Å². The molecule has 0 unspecified atom stereocenters. The van der Waals surface area contributed by atoms with Crippen molar-refractivity contribution in [3.05, 3.63) is 82.0 Å². The van der Waals surface area contributed by atoms with Crippen LogP contribution in [0.5, 0.6) is 0 Å². The van der Waals surface area contributed by atoms with Gasteiger partial charge in [-0.25, -0.2) is 0 Å². The van der Waals surface area contributed by atoms with Crippen molar-refractivity contribution < 1.29 is 14.3 Å². The van der Waals surface area contributed by atoms with Crippen LogP contribution in [-0.2, 0) is 0 Å². The molecule has 4 nitrogen and oxygen atoms in total. The molecule has 4 aromatic rings. The molecule has 1 heterocycles. The van der Waals surface area contributed by atoms with E-state index in [1.165, 1.54) is 12.1 Å². The minimum Gasteiger partial charge on any atom is -0.545 e. The maximum atomic E-state index is 12.5. The number of fused-ring (bicyclic) bond motifs is 2. The molecule has 4 heteroatoms. The first kappa shape index (κ1) is 15.1. The molecule has 0 saturated carbocycles. The number of aromatic carboxylic acids is 1. The Bertz CT molecular complexity index is 1200. The van der Waals surface area contributed by atoms with Crippen LogP contribution < -0.4 is 10.5 Å². The third-order valence-corrected chi connectivity index (χ3v) is 4.27. The van der Waals surface area contributed by atoms with E-state index in [-0.39, 0.29) is 11.0 Å². The molecule has 3 aromatic carbocycles. The molecule has 122 valence electrons. The monoisotopic (exact) mass is 329 g/mol. The smallest absolute Gasteiger partial charge is 0.193 e. The molecular formula is C21H13O4-. The average Bonchev–Trinajstić information content (AvgIpc) is 2.61. The Labute approximate surface area is 143 Å². The lowest BCUT2D eigenvalue weighted by Gasteiger charge is -2.12. The first-order valence-electron chi connectivity index (χ1n) is 7.82. The molecule has 0 spiro atoms. The zero-order chi connectivity index (χ0) is 17.6. The molecule has 0 fully saturated rings. The van der Waals surface area contributed by atoms with Gasteiger partial charge in [0, 0.05) is 22.6 Å². The highest BCUT2D eigenvalue weighted by atomic mass is 16.4. The van der Waals surface area contributed by atoms with Gasteiger partial charge in [0.2, 0.25) is 0 Å². The lowest BCUT2D eigenvalue weighted by Crippen LogP contribution is -2.22. The van der Waals surface area contributed by atoms with Gasteiger partial charge in [-0.05, 0) is 24.4 Å². The van der Waals surface area contributed by atoms with Gasteiger partial charge in [-0.3, -0.25) is 4.79 Å². The molecule has 0 aliphatic carbocycles. The van der Waals surface area contributed by atoms with E-state index in [9.17, 15) is 14.7 Å². The van der Waals surface area contributed by atoms with E-state index in [0.29, 0.717) is 27.7 Å². The number of hydrogen-bond donors (Lipinski definition) is 0. The Balaban J connectivity index is 2.09. The summed E-state index contributed by atoms with van der Waals surface area (Å²) in [4.78, 5) is 24.0. The summed E-state index contributed by atoms with van der Waals surface area (Å²) in [6, 6.07) is 17.1. The molecule has 0 radical (unpaired) electrons. The van der Waals surface area contributed by atoms with Crippen LogP contribution in [0.1, 0.15) is 15.9 Å². The number of hydrogen-bond acceptors (Lipinski definition) is 4. The van der Waals surface area contributed by atoms with Crippen LogP contribution in [0.3, 0.4) is 0 Å². The minimum absolute atomic E-state index is 0.0692. The van der Waals surface area contributed by atoms with E-state index in [1.807, 2.05) is 25.1 Å². The lowest BCUT2D eigenvalue weighted by atomic mass is 9.97. The maximum Gasteiger partial charge on any atom is 0.193 e. The molecule has 0 bridgehead atoms. The van der Waals surface area contributed by atoms with Crippen molar-refractivity contribution in [3.63, 3.8) is 0 Å². The van der Waals surface area contributed by atoms with Crippen molar-refractivity contribution in [1.82, 2.24) is 0 Å². The van der Waals surface area contributed by atoms with Crippen molar-refractivity contribution in [2.75, 3.05) is 0 Å². The zero-order valence-corrected chi connectivity index (χ0v) is 13.4. The van der Waals surface area contributed by atoms with E-state index < -0.39 is 5.97 Å². The summed E-state index contributed by atoms with van der Waals surface area (Å²) in [5.74, 6) is -0.933. The Morgan fingerprint density at radius 1 is 1.00 bits per heavy atom. The number of aryl methyl sites for hydroxylation is 1. The highest BCUT2D eigenvalue weighted by Crippen LogP contribution is 2.32. The van der Waals surface area contributed by atoms with Crippen molar-refractivity contribution in [2.45, 2.75) is 6.92 Å². The first-order chi connectivity index (χ1) is 12.0. The summed E-state index contributed by atoms with van der Waals surface area (Å²) in [5.41, 5.74) is 1.90. The molecule has 0 N–H and O–H groups in total. The van der Waals surface area contributed by atoms with Crippen LogP contribution in [0.25, 0.3) is 33.1 Å². The fourth-order valence-corrected chi connectivity index (χ4v) is 3.12. The van der Waals surface area contributed by atoms with Crippen molar-refractivity contribution in [2.24, 2.45) is 0 Å². The molecule has 0 atom stereocenters. The Kier molecular flexibility index (Phi) is 3.39. The second-order valence-corrected chi connectivity index (χ2v) is 5.97. The maximum absolute atomic E-state index is 12.5. The largest absolute Gasteiger partial charge is 0.545 e. The van der Waals surface area contributed by atoms with E-state index in [0.717, 1.165) is 10.9 Å². The molecule has 0 aliphatic heterocycles. The number of carboxylic acid groups (broad SMARTS) is 1. The van der Waals surface area contributed by atoms with Gasteiger partial charge in [0.25, 0.3) is 0 Å².